The highest BCUT2D eigenvalue weighted by Crippen LogP contribution is 2.36. The Balaban J connectivity index is 1.52. The topological polar surface area (TPSA) is 141 Å². The minimum Gasteiger partial charge on any atom is -0.495 e. The molecular formula is C31H29FN6O4S. The zero-order valence-electron chi connectivity index (χ0n) is 23.5. The number of aryl methyl sites for hydroxylation is 3. The van der Waals surface area contributed by atoms with E-state index in [9.17, 15) is 17.6 Å². The smallest absolute Gasteiger partial charge is 0.269 e. The lowest BCUT2D eigenvalue weighted by Crippen LogP contribution is -2.16. The van der Waals surface area contributed by atoms with Crippen LogP contribution in [0.3, 0.4) is 0 Å². The summed E-state index contributed by atoms with van der Waals surface area (Å²) in [4.78, 5) is 21.4. The number of halogens is 1. The number of anilines is 4. The van der Waals surface area contributed by atoms with Crippen molar-refractivity contribution in [1.82, 2.24) is 13.9 Å². The molecule has 12 heteroatoms. The van der Waals surface area contributed by atoms with Crippen molar-refractivity contribution in [2.75, 3.05) is 17.7 Å². The fourth-order valence-electron chi connectivity index (χ4n) is 5.32. The number of nitrogens with zero attached hydrogens (tertiary/aromatic N) is 3. The summed E-state index contributed by atoms with van der Waals surface area (Å²) < 4.78 is 48.8. The summed E-state index contributed by atoms with van der Waals surface area (Å²) in [6, 6.07) is 16.0. The molecule has 1 amide bonds. The van der Waals surface area contributed by atoms with Crippen LogP contribution in [-0.2, 0) is 22.9 Å². The van der Waals surface area contributed by atoms with Gasteiger partial charge in [-0.05, 0) is 86.2 Å². The van der Waals surface area contributed by atoms with Crippen molar-refractivity contribution in [2.24, 2.45) is 5.73 Å². The highest BCUT2D eigenvalue weighted by atomic mass is 32.2. The molecule has 1 aliphatic rings. The van der Waals surface area contributed by atoms with Crippen molar-refractivity contribution in [3.8, 4) is 5.75 Å². The van der Waals surface area contributed by atoms with Gasteiger partial charge in [0, 0.05) is 6.20 Å². The van der Waals surface area contributed by atoms with Gasteiger partial charge in [-0.3, -0.25) is 4.79 Å². The molecule has 2 heterocycles. The molecule has 0 atom stereocenters. The van der Waals surface area contributed by atoms with Gasteiger partial charge in [0.05, 0.1) is 34.3 Å². The van der Waals surface area contributed by atoms with Crippen LogP contribution in [0.5, 0.6) is 5.75 Å². The first kappa shape index (κ1) is 28.2. The lowest BCUT2D eigenvalue weighted by molar-refractivity contribution is 0.0997. The quantitative estimate of drug-likeness (QED) is 0.209. The van der Waals surface area contributed by atoms with E-state index in [-0.39, 0.29) is 33.6 Å². The standard InChI is InChI=1S/C31H29FN6O4S/c1-18-10-12-21(13-11-18)43(40,41)38-15-14-22-29(34-24-9-5-8-23(32)27(24)28(33)39)36-31(37-30(22)38)35-25-16-19-6-3-4-7-20(19)17-26(25)42-2/h5,8-17H,3-4,6-7H2,1-2H3,(H2,33,39)(H2,34,35,36,37). The van der Waals surface area contributed by atoms with Gasteiger partial charge in [-0.25, -0.2) is 16.8 Å². The summed E-state index contributed by atoms with van der Waals surface area (Å²) in [5.41, 5.74) is 9.18. The number of primary amides is 1. The van der Waals surface area contributed by atoms with Crippen LogP contribution in [0.25, 0.3) is 11.0 Å². The lowest BCUT2D eigenvalue weighted by atomic mass is 9.91. The Morgan fingerprint density at radius 3 is 2.40 bits per heavy atom. The molecule has 0 aliphatic heterocycles. The zero-order valence-corrected chi connectivity index (χ0v) is 24.3. The number of nitrogens with one attached hydrogen (secondary N) is 2. The molecule has 0 saturated carbocycles. The zero-order chi connectivity index (χ0) is 30.3. The van der Waals surface area contributed by atoms with Crippen molar-refractivity contribution in [1.29, 1.82) is 0 Å². The van der Waals surface area contributed by atoms with Gasteiger partial charge in [0.25, 0.3) is 15.9 Å². The molecule has 220 valence electrons. The summed E-state index contributed by atoms with van der Waals surface area (Å²) in [5.74, 6) is -1.000. The number of nitrogens with two attached hydrogens (primary N) is 1. The second-order valence-electron chi connectivity index (χ2n) is 10.4. The molecule has 5 aromatic rings. The van der Waals surface area contributed by atoms with E-state index in [1.54, 1.807) is 19.2 Å². The van der Waals surface area contributed by atoms with Gasteiger partial charge in [0.15, 0.2) is 5.65 Å². The lowest BCUT2D eigenvalue weighted by Gasteiger charge is -2.20. The number of aromatic nitrogens is 3. The molecular weight excluding hydrogens is 571 g/mol. The SMILES string of the molecule is COc1cc2c(cc1Nc1nc(Nc3cccc(F)c3C(N)=O)c3ccn(S(=O)(=O)c4ccc(C)cc4)c3n1)CCCC2. The van der Waals surface area contributed by atoms with Gasteiger partial charge < -0.3 is 21.1 Å². The van der Waals surface area contributed by atoms with Gasteiger partial charge in [0.2, 0.25) is 5.95 Å². The average Bonchev–Trinajstić information content (AvgIpc) is 3.42. The molecule has 4 N–H and O–H groups in total. The number of carbonyl (C=O) groups excluding carboxylic acids is 1. The van der Waals surface area contributed by atoms with E-state index < -0.39 is 21.7 Å². The predicted octanol–water partition coefficient (Wildman–Crippen LogP) is 5.59. The first-order chi connectivity index (χ1) is 20.7. The maximum absolute atomic E-state index is 14.6. The number of fused-ring (bicyclic) bond motifs is 2. The largest absolute Gasteiger partial charge is 0.495 e. The molecule has 0 fully saturated rings. The number of hydrogen-bond acceptors (Lipinski definition) is 8. The number of carbonyl (C=O) groups is 1. The van der Waals surface area contributed by atoms with Gasteiger partial charge in [0.1, 0.15) is 17.4 Å². The number of amides is 1. The summed E-state index contributed by atoms with van der Waals surface area (Å²) in [6.07, 6.45) is 5.45. The number of rotatable bonds is 8. The van der Waals surface area contributed by atoms with Gasteiger partial charge in [-0.2, -0.15) is 9.97 Å². The van der Waals surface area contributed by atoms with Crippen LogP contribution >= 0.6 is 0 Å². The summed E-state index contributed by atoms with van der Waals surface area (Å²) in [7, 11) is -2.49. The fourth-order valence-corrected chi connectivity index (χ4v) is 6.61. The first-order valence-corrected chi connectivity index (χ1v) is 15.1. The van der Waals surface area contributed by atoms with E-state index >= 15 is 0 Å². The molecule has 0 unspecified atom stereocenters. The predicted molar refractivity (Wildman–Crippen MR) is 162 cm³/mol. The second kappa shape index (κ2) is 11.0. The molecule has 0 saturated heterocycles. The van der Waals surface area contributed by atoms with Crippen molar-refractivity contribution in [3.63, 3.8) is 0 Å². The van der Waals surface area contributed by atoms with Crippen molar-refractivity contribution in [2.45, 2.75) is 37.5 Å². The van der Waals surface area contributed by atoms with Gasteiger partial charge in [-0.15, -0.1) is 0 Å². The number of ether oxygens (including phenoxy) is 1. The number of benzene rings is 3. The van der Waals surface area contributed by atoms with Crippen molar-refractivity contribution < 1.29 is 22.3 Å². The third kappa shape index (κ3) is 5.25. The van der Waals surface area contributed by atoms with Crippen LogP contribution in [0.15, 0.2) is 71.8 Å². The molecule has 6 rings (SSSR count). The van der Waals surface area contributed by atoms with Crippen LogP contribution in [0, 0.1) is 12.7 Å². The Morgan fingerprint density at radius 2 is 1.70 bits per heavy atom. The molecule has 3 aromatic carbocycles. The minimum absolute atomic E-state index is 0.0557. The van der Waals surface area contributed by atoms with Crippen LogP contribution in [-0.4, -0.2) is 35.4 Å². The van der Waals surface area contributed by atoms with E-state index in [0.717, 1.165) is 41.3 Å². The summed E-state index contributed by atoms with van der Waals surface area (Å²) in [6.45, 7) is 1.87. The Bertz CT molecular complexity index is 1990. The maximum Gasteiger partial charge on any atom is 0.269 e. The van der Waals surface area contributed by atoms with E-state index in [1.807, 2.05) is 19.1 Å². The van der Waals surface area contributed by atoms with E-state index in [4.69, 9.17) is 10.5 Å². The molecule has 1 aliphatic carbocycles. The normalized spacial score (nSPS) is 13.0. The third-order valence-corrected chi connectivity index (χ3v) is 9.19. The van der Waals surface area contributed by atoms with Gasteiger partial charge >= 0.3 is 0 Å². The number of hydrogen-bond donors (Lipinski definition) is 3. The Morgan fingerprint density at radius 1 is 0.977 bits per heavy atom. The van der Waals surface area contributed by atoms with E-state index in [2.05, 4.69) is 20.6 Å². The highest BCUT2D eigenvalue weighted by molar-refractivity contribution is 7.90. The van der Waals surface area contributed by atoms with Crippen LogP contribution in [0.4, 0.5) is 27.5 Å². The molecule has 10 nitrogen and oxygen atoms in total. The Labute approximate surface area is 247 Å². The maximum atomic E-state index is 14.6. The van der Waals surface area contributed by atoms with Crippen LogP contribution in [0.1, 0.15) is 39.9 Å². The van der Waals surface area contributed by atoms with Crippen LogP contribution < -0.4 is 21.1 Å². The molecule has 0 spiro atoms. The van der Waals surface area contributed by atoms with Gasteiger partial charge in [-0.1, -0.05) is 23.8 Å². The van der Waals surface area contributed by atoms with E-state index in [1.165, 1.54) is 47.7 Å². The highest BCUT2D eigenvalue weighted by Gasteiger charge is 2.24. The Hall–Kier alpha value is -4.97. The fraction of sp³-hybridized carbons (Fsp3) is 0.194. The number of methoxy groups -OCH3 is 1. The van der Waals surface area contributed by atoms with Crippen molar-refractivity contribution >= 4 is 50.1 Å². The second-order valence-corrected chi connectivity index (χ2v) is 12.2. The molecule has 0 radical (unpaired) electrons. The van der Waals surface area contributed by atoms with E-state index in [0.29, 0.717) is 16.8 Å². The average molecular weight is 601 g/mol. The minimum atomic E-state index is -4.06. The van der Waals surface area contributed by atoms with Crippen molar-refractivity contribution in [3.05, 3.63) is 94.9 Å². The summed E-state index contributed by atoms with van der Waals surface area (Å²) in [5, 5.41) is 6.50. The van der Waals surface area contributed by atoms with Crippen LogP contribution in [0.2, 0.25) is 0 Å². The molecule has 2 aromatic heterocycles. The third-order valence-electron chi connectivity index (χ3n) is 7.51. The Kier molecular flexibility index (Phi) is 7.22. The monoisotopic (exact) mass is 600 g/mol. The molecule has 0 bridgehead atoms. The molecule has 43 heavy (non-hydrogen) atoms. The first-order valence-electron chi connectivity index (χ1n) is 13.7. The summed E-state index contributed by atoms with van der Waals surface area (Å²) >= 11 is 0.